The molecule has 0 bridgehead atoms. The van der Waals surface area contributed by atoms with Crippen LogP contribution in [0.1, 0.15) is 26.3 Å². The van der Waals surface area contributed by atoms with E-state index in [9.17, 15) is 13.2 Å². The fraction of sp³-hybridized carbons (Fsp3) is 0.250. The van der Waals surface area contributed by atoms with Crippen LogP contribution >= 0.6 is 0 Å². The van der Waals surface area contributed by atoms with Crippen molar-refractivity contribution in [1.82, 2.24) is 5.32 Å². The predicted molar refractivity (Wildman–Crippen MR) is 104 cm³/mol. The summed E-state index contributed by atoms with van der Waals surface area (Å²) in [5.41, 5.74) is 1.79. The molecule has 1 N–H and O–H groups in total. The quantitative estimate of drug-likeness (QED) is 0.807. The second kappa shape index (κ2) is 6.74. The molecule has 2 amide bonds. The van der Waals surface area contributed by atoms with Gasteiger partial charge in [-0.05, 0) is 58.0 Å². The van der Waals surface area contributed by atoms with E-state index in [2.05, 4.69) is 5.32 Å². The number of rotatable bonds is 4. The molecule has 2 aromatic carbocycles. The molecule has 1 heterocycles. The van der Waals surface area contributed by atoms with Gasteiger partial charge in [-0.25, -0.2) is 4.79 Å². The van der Waals surface area contributed by atoms with Gasteiger partial charge in [-0.3, -0.25) is 4.90 Å². The lowest BCUT2D eigenvalue weighted by Crippen LogP contribution is -2.53. The van der Waals surface area contributed by atoms with Gasteiger partial charge in [0.2, 0.25) is 0 Å². The summed E-state index contributed by atoms with van der Waals surface area (Å²) in [4.78, 5) is 14.0. The molecule has 0 saturated carbocycles. The molecule has 0 fully saturated rings. The van der Waals surface area contributed by atoms with Crippen molar-refractivity contribution < 1.29 is 17.4 Å². The van der Waals surface area contributed by atoms with E-state index in [0.29, 0.717) is 5.69 Å². The van der Waals surface area contributed by atoms with E-state index < -0.39 is 15.7 Å². The standard InChI is InChI=1S/C20H22N2O4S/c1-14-8-10-18(11-9-14)27(24,25)26-17-7-5-6-16(12-17)22-15(2)13-20(3,4)21-19(22)23/h5-13H,1-4H3,(H,21,23). The van der Waals surface area contributed by atoms with Crippen LogP contribution in [0.2, 0.25) is 0 Å². The molecule has 27 heavy (non-hydrogen) atoms. The lowest BCUT2D eigenvalue weighted by molar-refractivity contribution is 0.239. The number of carbonyl (C=O) groups is 1. The zero-order valence-corrected chi connectivity index (χ0v) is 16.5. The summed E-state index contributed by atoms with van der Waals surface area (Å²) in [7, 11) is -3.96. The highest BCUT2D eigenvalue weighted by atomic mass is 32.2. The number of nitrogens with zero attached hydrogens (tertiary/aromatic N) is 1. The van der Waals surface area contributed by atoms with Crippen molar-refractivity contribution in [3.8, 4) is 5.75 Å². The van der Waals surface area contributed by atoms with Crippen LogP contribution in [0.25, 0.3) is 0 Å². The molecule has 6 nitrogen and oxygen atoms in total. The van der Waals surface area contributed by atoms with Gasteiger partial charge in [0, 0.05) is 11.8 Å². The normalized spacial score (nSPS) is 16.5. The van der Waals surface area contributed by atoms with Crippen LogP contribution in [0.4, 0.5) is 10.5 Å². The van der Waals surface area contributed by atoms with Crippen molar-refractivity contribution in [3.05, 3.63) is 65.9 Å². The molecular formula is C20H22N2O4S. The number of hydrogen-bond donors (Lipinski definition) is 1. The van der Waals surface area contributed by atoms with Crippen molar-refractivity contribution in [1.29, 1.82) is 0 Å². The van der Waals surface area contributed by atoms with Gasteiger partial charge in [-0.1, -0.05) is 23.8 Å². The third kappa shape index (κ3) is 4.14. The summed E-state index contributed by atoms with van der Waals surface area (Å²) in [6.45, 7) is 7.51. The minimum Gasteiger partial charge on any atom is -0.379 e. The average molecular weight is 386 g/mol. The van der Waals surface area contributed by atoms with Crippen molar-refractivity contribution in [2.75, 3.05) is 4.90 Å². The van der Waals surface area contributed by atoms with E-state index in [4.69, 9.17) is 4.18 Å². The molecule has 0 atom stereocenters. The van der Waals surface area contributed by atoms with E-state index in [-0.39, 0.29) is 16.7 Å². The fourth-order valence-corrected chi connectivity index (χ4v) is 3.91. The largest absolute Gasteiger partial charge is 0.379 e. The summed E-state index contributed by atoms with van der Waals surface area (Å²) in [6, 6.07) is 12.6. The van der Waals surface area contributed by atoms with E-state index in [1.54, 1.807) is 30.3 Å². The monoisotopic (exact) mass is 386 g/mol. The van der Waals surface area contributed by atoms with Crippen molar-refractivity contribution in [2.24, 2.45) is 0 Å². The highest BCUT2D eigenvalue weighted by Gasteiger charge is 2.30. The van der Waals surface area contributed by atoms with Crippen LogP contribution in [0.5, 0.6) is 5.75 Å². The highest BCUT2D eigenvalue weighted by Crippen LogP contribution is 2.29. The molecule has 2 aromatic rings. The maximum absolute atomic E-state index is 12.5. The van der Waals surface area contributed by atoms with Crippen LogP contribution in [-0.4, -0.2) is 20.0 Å². The second-order valence-corrected chi connectivity index (χ2v) is 8.67. The Labute approximate surface area is 159 Å². The summed E-state index contributed by atoms with van der Waals surface area (Å²) >= 11 is 0. The molecule has 0 saturated heterocycles. The van der Waals surface area contributed by atoms with Crippen LogP contribution in [0.15, 0.2) is 65.2 Å². The smallest absolute Gasteiger partial charge is 0.339 e. The van der Waals surface area contributed by atoms with Crippen LogP contribution < -0.4 is 14.4 Å². The number of allylic oxidation sites excluding steroid dienone is 1. The summed E-state index contributed by atoms with van der Waals surface area (Å²) in [6.07, 6.45) is 1.94. The van der Waals surface area contributed by atoms with Gasteiger partial charge in [0.15, 0.2) is 0 Å². The van der Waals surface area contributed by atoms with Gasteiger partial charge in [-0.2, -0.15) is 8.42 Å². The lowest BCUT2D eigenvalue weighted by atomic mass is 10.0. The summed E-state index contributed by atoms with van der Waals surface area (Å²) in [5, 5.41) is 2.88. The Bertz CT molecular complexity index is 1010. The first-order valence-electron chi connectivity index (χ1n) is 8.50. The van der Waals surface area contributed by atoms with Crippen molar-refractivity contribution >= 4 is 21.8 Å². The fourth-order valence-electron chi connectivity index (χ4n) is 2.99. The number of hydrogen-bond acceptors (Lipinski definition) is 4. The Balaban J connectivity index is 1.90. The van der Waals surface area contributed by atoms with Crippen LogP contribution in [0, 0.1) is 6.92 Å². The van der Waals surface area contributed by atoms with Crippen molar-refractivity contribution in [2.45, 2.75) is 38.1 Å². The number of nitrogens with one attached hydrogen (secondary N) is 1. The first-order chi connectivity index (χ1) is 12.6. The third-order valence-electron chi connectivity index (χ3n) is 4.15. The van der Waals surface area contributed by atoms with Crippen molar-refractivity contribution in [3.63, 3.8) is 0 Å². The molecule has 1 aliphatic rings. The molecule has 7 heteroatoms. The number of carbonyl (C=O) groups excluding carboxylic acids is 1. The second-order valence-electron chi connectivity index (χ2n) is 7.12. The van der Waals surface area contributed by atoms with Crippen LogP contribution in [0.3, 0.4) is 0 Å². The Morgan fingerprint density at radius 3 is 2.33 bits per heavy atom. The molecule has 0 unspecified atom stereocenters. The minimum atomic E-state index is -3.96. The summed E-state index contributed by atoms with van der Waals surface area (Å²) in [5.74, 6) is 0.138. The third-order valence-corrected chi connectivity index (χ3v) is 5.41. The summed E-state index contributed by atoms with van der Waals surface area (Å²) < 4.78 is 30.2. The number of aryl methyl sites for hydroxylation is 1. The minimum absolute atomic E-state index is 0.0760. The van der Waals surface area contributed by atoms with E-state index in [1.807, 2.05) is 33.8 Å². The van der Waals surface area contributed by atoms with Gasteiger partial charge in [-0.15, -0.1) is 0 Å². The number of amides is 2. The van der Waals surface area contributed by atoms with Gasteiger partial charge in [0.05, 0.1) is 11.2 Å². The Kier molecular flexibility index (Phi) is 4.73. The van der Waals surface area contributed by atoms with Gasteiger partial charge >= 0.3 is 16.1 Å². The van der Waals surface area contributed by atoms with Gasteiger partial charge in [0.25, 0.3) is 0 Å². The maximum atomic E-state index is 12.5. The topological polar surface area (TPSA) is 75.7 Å². The van der Waals surface area contributed by atoms with Gasteiger partial charge < -0.3 is 9.50 Å². The molecular weight excluding hydrogens is 364 g/mol. The first kappa shape index (κ1) is 19.0. The first-order valence-corrected chi connectivity index (χ1v) is 9.91. The number of benzene rings is 2. The van der Waals surface area contributed by atoms with E-state index >= 15 is 0 Å². The zero-order chi connectivity index (χ0) is 19.8. The molecule has 0 aliphatic carbocycles. The number of urea groups is 1. The molecule has 0 spiro atoms. The van der Waals surface area contributed by atoms with Crippen LogP contribution in [-0.2, 0) is 10.1 Å². The lowest BCUT2D eigenvalue weighted by Gasteiger charge is -2.35. The molecule has 3 rings (SSSR count). The Morgan fingerprint density at radius 2 is 1.70 bits per heavy atom. The van der Waals surface area contributed by atoms with E-state index in [0.717, 1.165) is 11.3 Å². The Morgan fingerprint density at radius 1 is 1.04 bits per heavy atom. The SMILES string of the molecule is CC1=CC(C)(C)NC(=O)N1c1cccc(OS(=O)(=O)c2ccc(C)cc2)c1. The Hall–Kier alpha value is -2.80. The maximum Gasteiger partial charge on any atom is 0.339 e. The predicted octanol–water partition coefficient (Wildman–Crippen LogP) is 3.97. The number of anilines is 1. The molecule has 1 aliphatic heterocycles. The van der Waals surface area contributed by atoms with Gasteiger partial charge in [0.1, 0.15) is 10.6 Å². The van der Waals surface area contributed by atoms with E-state index in [1.165, 1.54) is 23.1 Å². The molecule has 0 aromatic heterocycles. The molecule has 0 radical (unpaired) electrons. The zero-order valence-electron chi connectivity index (χ0n) is 15.7. The molecule has 142 valence electrons. The highest BCUT2D eigenvalue weighted by molar-refractivity contribution is 7.87. The average Bonchev–Trinajstić information content (AvgIpc) is 2.53.